The third-order valence-corrected chi connectivity index (χ3v) is 3.35. The fourth-order valence-electron chi connectivity index (χ4n) is 0.803. The van der Waals surface area contributed by atoms with Gasteiger partial charge in [0.05, 0.1) is 4.90 Å². The Morgan fingerprint density at radius 2 is 1.67 bits per heavy atom. The molecule has 0 spiro atoms. The maximum absolute atomic E-state index is 11.5. The molecular formula is C8H13NO2S. The van der Waals surface area contributed by atoms with Crippen LogP contribution in [0.4, 0.5) is 0 Å². The van der Waals surface area contributed by atoms with Gasteiger partial charge in [0.25, 0.3) is 0 Å². The van der Waals surface area contributed by atoms with Crippen molar-refractivity contribution in [1.82, 2.24) is 4.31 Å². The fourth-order valence-corrected chi connectivity index (χ4v) is 1.73. The van der Waals surface area contributed by atoms with Gasteiger partial charge >= 0.3 is 0 Å². The average molecular weight is 187 g/mol. The van der Waals surface area contributed by atoms with Crippen molar-refractivity contribution in [3.05, 3.63) is 30.3 Å². The van der Waals surface area contributed by atoms with Crippen LogP contribution in [0.1, 0.15) is 1.43 Å². The van der Waals surface area contributed by atoms with E-state index in [0.717, 1.165) is 0 Å². The summed E-state index contributed by atoms with van der Waals surface area (Å²) < 4.78 is 24.1. The molecule has 3 nitrogen and oxygen atoms in total. The van der Waals surface area contributed by atoms with Gasteiger partial charge in [-0.25, -0.2) is 12.7 Å². The molecule has 0 saturated carbocycles. The van der Waals surface area contributed by atoms with Gasteiger partial charge < -0.3 is 0 Å². The molecule has 0 bridgehead atoms. The van der Waals surface area contributed by atoms with Gasteiger partial charge in [0.2, 0.25) is 10.0 Å². The van der Waals surface area contributed by atoms with Crippen molar-refractivity contribution in [2.75, 3.05) is 14.1 Å². The average Bonchev–Trinajstić information content (AvgIpc) is 2.06. The Morgan fingerprint density at radius 1 is 1.17 bits per heavy atom. The normalized spacial score (nSPS) is 11.9. The van der Waals surface area contributed by atoms with Crippen LogP contribution in [0, 0.1) is 0 Å². The Morgan fingerprint density at radius 3 is 2.08 bits per heavy atom. The first-order valence-electron chi connectivity index (χ1n) is 3.53. The van der Waals surface area contributed by atoms with Gasteiger partial charge in [-0.2, -0.15) is 0 Å². The molecule has 0 aliphatic carbocycles. The molecule has 0 aliphatic rings. The molecule has 0 unspecified atom stereocenters. The van der Waals surface area contributed by atoms with Crippen LogP contribution in [0.15, 0.2) is 35.2 Å². The van der Waals surface area contributed by atoms with E-state index < -0.39 is 10.0 Å². The molecule has 1 rings (SSSR count). The summed E-state index contributed by atoms with van der Waals surface area (Å²) in [4.78, 5) is 0.329. The number of hydrogen-bond acceptors (Lipinski definition) is 2. The first-order chi connectivity index (χ1) is 5.55. The Kier molecular flexibility index (Phi) is 2.49. The van der Waals surface area contributed by atoms with Crippen LogP contribution >= 0.6 is 0 Å². The predicted octanol–water partition coefficient (Wildman–Crippen LogP) is 1.18. The summed E-state index contributed by atoms with van der Waals surface area (Å²) in [7, 11) is -0.211. The molecule has 0 heterocycles. The van der Waals surface area contributed by atoms with Crippen LogP contribution < -0.4 is 0 Å². The molecule has 0 radical (unpaired) electrons. The zero-order chi connectivity index (χ0) is 9.19. The Bertz CT molecular complexity index is 348. The maximum Gasteiger partial charge on any atom is 0.242 e. The number of sulfonamides is 1. The highest BCUT2D eigenvalue weighted by Crippen LogP contribution is 2.10. The quantitative estimate of drug-likeness (QED) is 0.697. The topological polar surface area (TPSA) is 37.4 Å². The van der Waals surface area contributed by atoms with Crippen molar-refractivity contribution in [1.29, 1.82) is 0 Å². The molecule has 1 aromatic carbocycles. The second-order valence-electron chi connectivity index (χ2n) is 2.60. The van der Waals surface area contributed by atoms with Gasteiger partial charge in [0.15, 0.2) is 0 Å². The van der Waals surface area contributed by atoms with E-state index in [4.69, 9.17) is 0 Å². The molecule has 0 aromatic heterocycles. The SMILES string of the molecule is CN(C)S(=O)(=O)c1ccccc1.[HH]. The van der Waals surface area contributed by atoms with Crippen LogP contribution in [-0.2, 0) is 10.0 Å². The van der Waals surface area contributed by atoms with Crippen molar-refractivity contribution < 1.29 is 9.84 Å². The summed E-state index contributed by atoms with van der Waals surface area (Å²) in [6, 6.07) is 8.35. The van der Waals surface area contributed by atoms with Gasteiger partial charge in [0, 0.05) is 15.5 Å². The molecule has 4 heteroatoms. The van der Waals surface area contributed by atoms with E-state index in [1.165, 1.54) is 18.4 Å². The smallest absolute Gasteiger partial charge is 0.207 e. The van der Waals surface area contributed by atoms with Gasteiger partial charge in [-0.3, -0.25) is 0 Å². The minimum Gasteiger partial charge on any atom is -0.207 e. The highest BCUT2D eigenvalue weighted by Gasteiger charge is 2.15. The highest BCUT2D eigenvalue weighted by molar-refractivity contribution is 7.89. The Hall–Kier alpha value is -0.870. The van der Waals surface area contributed by atoms with Gasteiger partial charge in [-0.05, 0) is 12.1 Å². The summed E-state index contributed by atoms with van der Waals surface area (Å²) >= 11 is 0. The third kappa shape index (κ3) is 1.65. The second-order valence-corrected chi connectivity index (χ2v) is 4.75. The lowest BCUT2D eigenvalue weighted by molar-refractivity contribution is 0.521. The van der Waals surface area contributed by atoms with E-state index in [2.05, 4.69) is 0 Å². The standard InChI is InChI=1S/C8H11NO2S.H2/c1-9(2)12(10,11)8-6-4-3-5-7-8;/h3-7H,1-2H3;1H. The number of benzene rings is 1. The summed E-state index contributed by atoms with van der Waals surface area (Å²) in [5.74, 6) is 0. The fraction of sp³-hybridized carbons (Fsp3) is 0.250. The minimum atomic E-state index is -3.24. The summed E-state index contributed by atoms with van der Waals surface area (Å²) in [6.45, 7) is 0. The molecule has 0 N–H and O–H groups in total. The van der Waals surface area contributed by atoms with E-state index in [1.807, 2.05) is 0 Å². The first kappa shape index (κ1) is 9.22. The monoisotopic (exact) mass is 187 g/mol. The predicted molar refractivity (Wildman–Crippen MR) is 49.4 cm³/mol. The highest BCUT2D eigenvalue weighted by atomic mass is 32.2. The van der Waals surface area contributed by atoms with Gasteiger partial charge in [-0.1, -0.05) is 18.2 Å². The zero-order valence-electron chi connectivity index (χ0n) is 7.06. The van der Waals surface area contributed by atoms with E-state index in [0.29, 0.717) is 4.90 Å². The number of hydrogen-bond donors (Lipinski definition) is 0. The van der Waals surface area contributed by atoms with E-state index in [1.54, 1.807) is 30.3 Å². The minimum absolute atomic E-state index is 0. The van der Waals surface area contributed by atoms with Crippen LogP contribution in [0.25, 0.3) is 0 Å². The number of nitrogens with zero attached hydrogens (tertiary/aromatic N) is 1. The summed E-state index contributed by atoms with van der Waals surface area (Å²) in [5, 5.41) is 0. The Labute approximate surface area is 74.2 Å². The molecule has 12 heavy (non-hydrogen) atoms. The maximum atomic E-state index is 11.5. The van der Waals surface area contributed by atoms with Gasteiger partial charge in [0.1, 0.15) is 0 Å². The molecule has 0 saturated heterocycles. The molecule has 1 aromatic rings. The van der Waals surface area contributed by atoms with E-state index in [9.17, 15) is 8.42 Å². The van der Waals surface area contributed by atoms with E-state index >= 15 is 0 Å². The largest absolute Gasteiger partial charge is 0.242 e. The van der Waals surface area contributed by atoms with Crippen LogP contribution in [-0.4, -0.2) is 26.8 Å². The second kappa shape index (κ2) is 3.25. The number of rotatable bonds is 2. The lowest BCUT2D eigenvalue weighted by atomic mass is 10.4. The molecular weight excluding hydrogens is 174 g/mol. The van der Waals surface area contributed by atoms with Crippen LogP contribution in [0.5, 0.6) is 0 Å². The lowest BCUT2D eigenvalue weighted by Crippen LogP contribution is -2.21. The van der Waals surface area contributed by atoms with Crippen molar-refractivity contribution in [3.8, 4) is 0 Å². The Balaban J connectivity index is 0.00000144. The molecule has 0 fully saturated rings. The summed E-state index contributed by atoms with van der Waals surface area (Å²) in [6.07, 6.45) is 0. The molecule has 0 amide bonds. The first-order valence-corrected chi connectivity index (χ1v) is 4.97. The molecule has 68 valence electrons. The zero-order valence-corrected chi connectivity index (χ0v) is 7.88. The van der Waals surface area contributed by atoms with Crippen LogP contribution in [0.2, 0.25) is 0 Å². The van der Waals surface area contributed by atoms with Crippen LogP contribution in [0.3, 0.4) is 0 Å². The third-order valence-electron chi connectivity index (χ3n) is 1.52. The van der Waals surface area contributed by atoms with Crippen molar-refractivity contribution in [2.45, 2.75) is 4.90 Å². The van der Waals surface area contributed by atoms with Gasteiger partial charge in [-0.15, -0.1) is 0 Å². The molecule has 0 aliphatic heterocycles. The summed E-state index contributed by atoms with van der Waals surface area (Å²) in [5.41, 5.74) is 0. The van der Waals surface area contributed by atoms with E-state index in [-0.39, 0.29) is 1.43 Å². The van der Waals surface area contributed by atoms with Crippen molar-refractivity contribution in [2.24, 2.45) is 0 Å². The molecule has 0 atom stereocenters. The van der Waals surface area contributed by atoms with Crippen molar-refractivity contribution in [3.63, 3.8) is 0 Å². The lowest BCUT2D eigenvalue weighted by Gasteiger charge is -2.10. The van der Waals surface area contributed by atoms with Crippen molar-refractivity contribution >= 4 is 10.0 Å².